The number of ether oxygens (including phenoxy) is 2. The highest BCUT2D eigenvalue weighted by molar-refractivity contribution is 5.84. The van der Waals surface area contributed by atoms with Gasteiger partial charge in [-0.05, 0) is 77.4 Å². The molecule has 46 heavy (non-hydrogen) atoms. The molecule has 0 radical (unpaired) electrons. The lowest BCUT2D eigenvalue weighted by molar-refractivity contribution is -0.141. The molecule has 7 heteroatoms. The number of carbonyl (C=O) groups is 2. The van der Waals surface area contributed by atoms with Crippen molar-refractivity contribution in [3.05, 3.63) is 150 Å². The number of hydrazone groups is 1. The molecule has 0 saturated carbocycles. The summed E-state index contributed by atoms with van der Waals surface area (Å²) < 4.78 is 10.2. The fraction of sp³-hybridized carbons (Fsp3) is 0.154. The van der Waals surface area contributed by atoms with E-state index in [0.717, 1.165) is 45.1 Å². The lowest BCUT2D eigenvalue weighted by Gasteiger charge is -2.26. The van der Waals surface area contributed by atoms with Crippen LogP contribution in [0.3, 0.4) is 0 Å². The highest BCUT2D eigenvalue weighted by Crippen LogP contribution is 2.35. The molecule has 0 aliphatic carbocycles. The van der Waals surface area contributed by atoms with Crippen LogP contribution in [0.4, 0.5) is 28.4 Å². The number of carbonyl (C=O) groups excluding carboxylic acids is 2. The van der Waals surface area contributed by atoms with Gasteiger partial charge < -0.3 is 14.4 Å². The van der Waals surface area contributed by atoms with Crippen LogP contribution in [-0.2, 0) is 31.9 Å². The van der Waals surface area contributed by atoms with Crippen molar-refractivity contribution < 1.29 is 19.1 Å². The smallest absolute Gasteiger partial charge is 0.302 e. The van der Waals surface area contributed by atoms with E-state index in [1.54, 1.807) is 0 Å². The van der Waals surface area contributed by atoms with E-state index in [9.17, 15) is 9.59 Å². The van der Waals surface area contributed by atoms with Gasteiger partial charge in [0.15, 0.2) is 0 Å². The van der Waals surface area contributed by atoms with E-state index < -0.39 is 0 Å². The van der Waals surface area contributed by atoms with Crippen molar-refractivity contribution in [1.82, 2.24) is 0 Å². The summed E-state index contributed by atoms with van der Waals surface area (Å²) in [5.74, 6) is -0.555. The standard InChI is InChI=1S/C39H37N3O4/c1-30(43)45-27-25-32-13-19-35(20-14-32)41(36-21-15-33(16-22-36)26-28-46-31(2)44)37-23-17-34(18-24-37)29-40-42(38-9-5-3-6-10-38)39-11-7-4-8-12-39/h3-24,29H,25-28H2,1-2H3. The van der Waals surface area contributed by atoms with Gasteiger partial charge in [0.1, 0.15) is 0 Å². The van der Waals surface area contributed by atoms with E-state index in [0.29, 0.717) is 26.1 Å². The van der Waals surface area contributed by atoms with Crippen molar-refractivity contribution in [3.63, 3.8) is 0 Å². The average Bonchev–Trinajstić information content (AvgIpc) is 3.08. The fourth-order valence-electron chi connectivity index (χ4n) is 4.95. The Bertz CT molecular complexity index is 1620. The Balaban J connectivity index is 1.40. The minimum atomic E-state index is -0.277. The second-order valence-corrected chi connectivity index (χ2v) is 10.7. The molecule has 7 nitrogen and oxygen atoms in total. The molecule has 0 aliphatic heterocycles. The molecule has 0 aliphatic rings. The number of benzene rings is 5. The van der Waals surface area contributed by atoms with Crippen molar-refractivity contribution in [2.75, 3.05) is 23.1 Å². The van der Waals surface area contributed by atoms with Crippen molar-refractivity contribution in [2.24, 2.45) is 5.10 Å². The summed E-state index contributed by atoms with van der Waals surface area (Å²) in [5, 5.41) is 6.77. The quantitative estimate of drug-likeness (QED) is 0.0755. The molecule has 0 saturated heterocycles. The largest absolute Gasteiger partial charge is 0.466 e. The lowest BCUT2D eigenvalue weighted by atomic mass is 10.1. The number of nitrogens with zero attached hydrogens (tertiary/aromatic N) is 3. The Kier molecular flexibility index (Phi) is 10.9. The molecular formula is C39H37N3O4. The summed E-state index contributed by atoms with van der Waals surface area (Å²) in [6.07, 6.45) is 3.16. The van der Waals surface area contributed by atoms with Crippen LogP contribution in [0.25, 0.3) is 0 Å². The predicted molar refractivity (Wildman–Crippen MR) is 184 cm³/mol. The normalized spacial score (nSPS) is 10.8. The summed E-state index contributed by atoms with van der Waals surface area (Å²) in [5.41, 5.74) is 8.04. The summed E-state index contributed by atoms with van der Waals surface area (Å²) in [7, 11) is 0. The van der Waals surface area contributed by atoms with E-state index in [-0.39, 0.29) is 11.9 Å². The molecule has 232 valence electrons. The van der Waals surface area contributed by atoms with Crippen LogP contribution in [0.2, 0.25) is 0 Å². The monoisotopic (exact) mass is 611 g/mol. The molecule has 0 fully saturated rings. The van der Waals surface area contributed by atoms with Crippen molar-refractivity contribution in [1.29, 1.82) is 0 Å². The zero-order valence-corrected chi connectivity index (χ0v) is 26.1. The topological polar surface area (TPSA) is 71.4 Å². The SMILES string of the molecule is CC(=O)OCCc1ccc(N(c2ccc(C=NN(c3ccccc3)c3ccccc3)cc2)c2ccc(CCOC(C)=O)cc2)cc1. The first-order valence-electron chi connectivity index (χ1n) is 15.3. The molecule has 0 spiro atoms. The van der Waals surface area contributed by atoms with Crippen LogP contribution in [0, 0.1) is 0 Å². The van der Waals surface area contributed by atoms with Crippen LogP contribution in [0.5, 0.6) is 0 Å². The van der Waals surface area contributed by atoms with Crippen LogP contribution >= 0.6 is 0 Å². The summed E-state index contributed by atoms with van der Waals surface area (Å²) in [4.78, 5) is 24.5. The third-order valence-electron chi connectivity index (χ3n) is 7.26. The highest BCUT2D eigenvalue weighted by Gasteiger charge is 2.13. The Morgan fingerprint density at radius 2 is 0.935 bits per heavy atom. The molecule has 0 aromatic heterocycles. The molecule has 0 bridgehead atoms. The van der Waals surface area contributed by atoms with Gasteiger partial charge in [-0.1, -0.05) is 72.8 Å². The van der Waals surface area contributed by atoms with Gasteiger partial charge in [0, 0.05) is 43.8 Å². The maximum atomic E-state index is 11.2. The number of esters is 2. The van der Waals surface area contributed by atoms with E-state index >= 15 is 0 Å². The lowest BCUT2D eigenvalue weighted by Crippen LogP contribution is -2.11. The van der Waals surface area contributed by atoms with Gasteiger partial charge in [0.05, 0.1) is 30.8 Å². The van der Waals surface area contributed by atoms with Crippen LogP contribution in [0.1, 0.15) is 30.5 Å². The van der Waals surface area contributed by atoms with Gasteiger partial charge in [-0.25, -0.2) is 5.01 Å². The van der Waals surface area contributed by atoms with Crippen molar-refractivity contribution >= 4 is 46.6 Å². The van der Waals surface area contributed by atoms with E-state index in [2.05, 4.69) is 77.7 Å². The van der Waals surface area contributed by atoms with Gasteiger partial charge in [-0.2, -0.15) is 5.10 Å². The molecule has 0 atom stereocenters. The summed E-state index contributed by atoms with van der Waals surface area (Å²) >= 11 is 0. The number of hydrogen-bond donors (Lipinski definition) is 0. The molecule has 5 aromatic rings. The van der Waals surface area contributed by atoms with Gasteiger partial charge in [0.25, 0.3) is 0 Å². The zero-order chi connectivity index (χ0) is 32.1. The maximum Gasteiger partial charge on any atom is 0.302 e. The third-order valence-corrected chi connectivity index (χ3v) is 7.26. The fourth-order valence-corrected chi connectivity index (χ4v) is 4.95. The number of rotatable bonds is 13. The number of anilines is 5. The highest BCUT2D eigenvalue weighted by atomic mass is 16.5. The molecule has 0 unspecified atom stereocenters. The first kappa shape index (κ1) is 31.7. The molecular weight excluding hydrogens is 574 g/mol. The minimum absolute atomic E-state index is 0.277. The Hall–Kier alpha value is -5.69. The molecule has 0 N–H and O–H groups in total. The predicted octanol–water partition coefficient (Wildman–Crippen LogP) is 8.54. The number of hydrogen-bond acceptors (Lipinski definition) is 7. The first-order chi connectivity index (χ1) is 22.5. The first-order valence-corrected chi connectivity index (χ1v) is 15.3. The van der Waals surface area contributed by atoms with E-state index in [1.165, 1.54) is 13.8 Å². The van der Waals surface area contributed by atoms with Crippen LogP contribution in [-0.4, -0.2) is 31.4 Å². The summed E-state index contributed by atoms with van der Waals surface area (Å²) in [6, 6.07) is 45.0. The van der Waals surface area contributed by atoms with Crippen molar-refractivity contribution in [2.45, 2.75) is 26.7 Å². The van der Waals surface area contributed by atoms with Gasteiger partial charge in [0.2, 0.25) is 0 Å². The van der Waals surface area contributed by atoms with Crippen LogP contribution in [0.15, 0.2) is 139 Å². The Morgan fingerprint density at radius 1 is 0.543 bits per heavy atom. The van der Waals surface area contributed by atoms with E-state index in [1.807, 2.05) is 71.9 Å². The minimum Gasteiger partial charge on any atom is -0.466 e. The summed E-state index contributed by atoms with van der Waals surface area (Å²) in [6.45, 7) is 3.54. The zero-order valence-electron chi connectivity index (χ0n) is 26.1. The third kappa shape index (κ3) is 8.92. The molecule has 0 heterocycles. The molecule has 5 rings (SSSR count). The average molecular weight is 612 g/mol. The van der Waals surface area contributed by atoms with Gasteiger partial charge in [-0.15, -0.1) is 0 Å². The van der Waals surface area contributed by atoms with Gasteiger partial charge >= 0.3 is 11.9 Å². The van der Waals surface area contributed by atoms with Crippen molar-refractivity contribution in [3.8, 4) is 0 Å². The Morgan fingerprint density at radius 3 is 1.33 bits per heavy atom. The number of para-hydroxylation sites is 2. The maximum absolute atomic E-state index is 11.2. The van der Waals surface area contributed by atoms with Gasteiger partial charge in [-0.3, -0.25) is 9.59 Å². The molecule has 0 amide bonds. The van der Waals surface area contributed by atoms with Crippen LogP contribution < -0.4 is 9.91 Å². The second-order valence-electron chi connectivity index (χ2n) is 10.7. The van der Waals surface area contributed by atoms with E-state index in [4.69, 9.17) is 14.6 Å². The Labute approximate surface area is 270 Å². The molecule has 5 aromatic carbocycles. The second kappa shape index (κ2) is 15.9.